The molecule has 1 fully saturated rings. The molecular weight excluding hydrogens is 552 g/mol. The quantitative estimate of drug-likeness (QED) is 0.221. The lowest BCUT2D eigenvalue weighted by Gasteiger charge is -2.56. The Kier molecular flexibility index (Phi) is 7.52. The van der Waals surface area contributed by atoms with E-state index in [0.29, 0.717) is 11.5 Å². The molecule has 1 saturated heterocycles. The molecule has 43 heavy (non-hydrogen) atoms. The second-order valence-corrected chi connectivity index (χ2v) is 14.9. The molecule has 2 aliphatic heterocycles. The predicted octanol–water partition coefficient (Wildman–Crippen LogP) is 7.58. The van der Waals surface area contributed by atoms with Crippen LogP contribution < -0.4 is 10.0 Å². The fraction of sp³-hybridized carbons (Fsp3) is 0.351. The minimum absolute atomic E-state index is 0.138. The van der Waals surface area contributed by atoms with Crippen molar-refractivity contribution in [2.75, 3.05) is 11.6 Å². The van der Waals surface area contributed by atoms with Crippen molar-refractivity contribution >= 4 is 15.5 Å². The van der Waals surface area contributed by atoms with E-state index in [4.69, 9.17) is 0 Å². The first-order valence-electron chi connectivity index (χ1n) is 15.3. The first-order valence-corrected chi connectivity index (χ1v) is 16.8. The van der Waals surface area contributed by atoms with Crippen LogP contribution in [0.2, 0.25) is 0 Å². The van der Waals surface area contributed by atoms with Gasteiger partial charge in [-0.05, 0) is 57.2 Å². The number of rotatable bonds is 7. The maximum Gasteiger partial charge on any atom is 0.186 e. The summed E-state index contributed by atoms with van der Waals surface area (Å²) in [6.45, 7) is 13.5. The topological polar surface area (TPSA) is 63.7 Å². The SMILES string of the molecule is CC(C)c1cc(C(C)C)c(N2CN(C3([O-])c4ccccc4S3(=O)=O)[C@@H](c3ccccc3)[C@H]2c2ccccc2)c(C(C)C)c1. The maximum absolute atomic E-state index is 15.1. The van der Waals surface area contributed by atoms with Gasteiger partial charge in [-0.3, -0.25) is 4.90 Å². The molecule has 0 saturated carbocycles. The van der Waals surface area contributed by atoms with Gasteiger partial charge >= 0.3 is 0 Å². The molecular formula is C37H41N2O3S-. The summed E-state index contributed by atoms with van der Waals surface area (Å²) >= 11 is 0. The van der Waals surface area contributed by atoms with E-state index in [1.165, 1.54) is 16.7 Å². The van der Waals surface area contributed by atoms with Gasteiger partial charge in [0.1, 0.15) is 0 Å². The van der Waals surface area contributed by atoms with Gasteiger partial charge in [0.25, 0.3) is 0 Å². The highest BCUT2D eigenvalue weighted by molar-refractivity contribution is 7.93. The molecule has 0 aliphatic carbocycles. The molecule has 2 aliphatic rings. The zero-order chi connectivity index (χ0) is 30.7. The molecule has 4 aromatic carbocycles. The van der Waals surface area contributed by atoms with Crippen LogP contribution in [0.25, 0.3) is 0 Å². The van der Waals surface area contributed by atoms with Gasteiger partial charge in [0.2, 0.25) is 0 Å². The highest BCUT2D eigenvalue weighted by Gasteiger charge is 2.58. The lowest BCUT2D eigenvalue weighted by atomic mass is 9.85. The van der Waals surface area contributed by atoms with Crippen molar-refractivity contribution in [3.8, 4) is 0 Å². The molecule has 0 aromatic heterocycles. The number of benzene rings is 4. The Balaban J connectivity index is 1.66. The predicted molar refractivity (Wildman–Crippen MR) is 172 cm³/mol. The van der Waals surface area contributed by atoms with Gasteiger partial charge in [0.15, 0.2) is 9.84 Å². The summed E-state index contributed by atoms with van der Waals surface area (Å²) < 4.78 is 27.8. The molecule has 0 bridgehead atoms. The molecule has 0 amide bonds. The molecule has 0 radical (unpaired) electrons. The largest absolute Gasteiger partial charge is 0.822 e. The monoisotopic (exact) mass is 593 g/mol. The Bertz CT molecular complexity index is 1710. The van der Waals surface area contributed by atoms with Gasteiger partial charge in [-0.1, -0.05) is 133 Å². The molecule has 0 spiro atoms. The number of fused-ring (bicyclic) bond motifs is 1. The summed E-state index contributed by atoms with van der Waals surface area (Å²) in [5, 5.41) is 12.7. The summed E-state index contributed by atoms with van der Waals surface area (Å²) in [5.74, 6) is 0.810. The summed E-state index contributed by atoms with van der Waals surface area (Å²) in [5.41, 5.74) is 7.14. The molecule has 6 heteroatoms. The number of anilines is 1. The van der Waals surface area contributed by atoms with Gasteiger partial charge in [-0.2, -0.15) is 0 Å². The Morgan fingerprint density at radius 3 is 1.70 bits per heavy atom. The Morgan fingerprint density at radius 2 is 1.19 bits per heavy atom. The highest BCUT2D eigenvalue weighted by Crippen LogP contribution is 2.57. The highest BCUT2D eigenvalue weighted by atomic mass is 32.2. The number of nitrogens with zero attached hydrogens (tertiary/aromatic N) is 2. The lowest BCUT2D eigenvalue weighted by Crippen LogP contribution is -2.66. The molecule has 4 aromatic rings. The number of sulfone groups is 1. The van der Waals surface area contributed by atoms with Crippen molar-refractivity contribution in [1.82, 2.24) is 4.90 Å². The van der Waals surface area contributed by atoms with Crippen LogP contribution in [0, 0.1) is 0 Å². The van der Waals surface area contributed by atoms with Gasteiger partial charge in [-0.25, -0.2) is 8.42 Å². The Morgan fingerprint density at radius 1 is 0.698 bits per heavy atom. The molecule has 5 nitrogen and oxygen atoms in total. The smallest absolute Gasteiger partial charge is 0.186 e. The fourth-order valence-electron chi connectivity index (χ4n) is 6.96. The number of hydrogen-bond acceptors (Lipinski definition) is 5. The van der Waals surface area contributed by atoms with Crippen LogP contribution in [0.1, 0.15) is 105 Å². The second kappa shape index (κ2) is 10.9. The van der Waals surface area contributed by atoms with Crippen LogP contribution >= 0.6 is 0 Å². The molecule has 1 unspecified atom stereocenters. The van der Waals surface area contributed by atoms with Crippen LogP contribution in [0.15, 0.2) is 102 Å². The zero-order valence-electron chi connectivity index (χ0n) is 25.9. The Labute approximate surface area is 256 Å². The minimum Gasteiger partial charge on any atom is -0.822 e. The third kappa shape index (κ3) is 4.54. The third-order valence-electron chi connectivity index (χ3n) is 9.21. The van der Waals surface area contributed by atoms with Crippen LogP contribution in [0.4, 0.5) is 5.69 Å². The molecule has 224 valence electrons. The standard InChI is InChI=1S/C37H41N2O3S/c1-24(2)29-21-30(25(3)4)36(31(22-29)26(5)6)38-23-39(37(40)32-19-13-14-20-33(32)43(37,41)42)35(28-17-11-8-12-18-28)34(38)27-15-9-7-10-16-27/h7-22,24-26,34-35H,23H2,1-6H3/q-1/t34-,35+,37?/m1/s1. The normalized spacial score (nSPS) is 23.2. The van der Waals surface area contributed by atoms with E-state index in [9.17, 15) is 8.42 Å². The van der Waals surface area contributed by atoms with E-state index >= 15 is 5.11 Å². The average Bonchev–Trinajstić information content (AvgIpc) is 3.41. The van der Waals surface area contributed by atoms with E-state index in [0.717, 1.165) is 16.8 Å². The summed E-state index contributed by atoms with van der Waals surface area (Å²) in [6.07, 6.45) is 0. The summed E-state index contributed by atoms with van der Waals surface area (Å²) in [7, 11) is -4.14. The molecule has 0 N–H and O–H groups in total. The van der Waals surface area contributed by atoms with E-state index in [1.807, 2.05) is 48.5 Å². The van der Waals surface area contributed by atoms with Gasteiger partial charge in [0, 0.05) is 5.69 Å². The van der Waals surface area contributed by atoms with Crippen molar-refractivity contribution in [3.63, 3.8) is 0 Å². The summed E-state index contributed by atoms with van der Waals surface area (Å²) in [6, 6.07) is 30.7. The number of hydrogen-bond donors (Lipinski definition) is 0. The van der Waals surface area contributed by atoms with Crippen molar-refractivity contribution in [1.29, 1.82) is 0 Å². The maximum atomic E-state index is 15.1. The van der Waals surface area contributed by atoms with Crippen LogP contribution in [-0.4, -0.2) is 20.0 Å². The van der Waals surface area contributed by atoms with Gasteiger partial charge in [0.05, 0.1) is 28.7 Å². The minimum atomic E-state index is -4.14. The third-order valence-corrected chi connectivity index (χ3v) is 11.3. The lowest BCUT2D eigenvalue weighted by molar-refractivity contribution is -0.498. The first-order chi connectivity index (χ1) is 20.5. The van der Waals surface area contributed by atoms with Crippen molar-refractivity contribution in [2.45, 2.75) is 81.3 Å². The van der Waals surface area contributed by atoms with E-state index in [-0.39, 0.29) is 29.4 Å². The van der Waals surface area contributed by atoms with Crippen LogP contribution in [-0.2, 0) is 14.9 Å². The van der Waals surface area contributed by atoms with Gasteiger partial charge in [-0.15, -0.1) is 0 Å². The first kappa shape index (κ1) is 29.6. The summed E-state index contributed by atoms with van der Waals surface area (Å²) in [4.78, 5) is 4.18. The van der Waals surface area contributed by atoms with Crippen molar-refractivity contribution in [2.24, 2.45) is 0 Å². The van der Waals surface area contributed by atoms with E-state index < -0.39 is 20.9 Å². The van der Waals surface area contributed by atoms with Crippen LogP contribution in [0.5, 0.6) is 0 Å². The second-order valence-electron chi connectivity index (χ2n) is 12.9. The molecule has 2 heterocycles. The van der Waals surface area contributed by atoms with Crippen molar-refractivity contribution in [3.05, 3.63) is 130 Å². The molecule has 3 atom stereocenters. The zero-order valence-corrected chi connectivity index (χ0v) is 26.7. The van der Waals surface area contributed by atoms with Crippen LogP contribution in [0.3, 0.4) is 0 Å². The van der Waals surface area contributed by atoms with E-state index in [1.54, 1.807) is 29.2 Å². The van der Waals surface area contributed by atoms with E-state index in [2.05, 4.69) is 70.7 Å². The van der Waals surface area contributed by atoms with Crippen molar-refractivity contribution < 1.29 is 13.5 Å². The Hall–Kier alpha value is -3.45. The van der Waals surface area contributed by atoms with Gasteiger partial charge < -0.3 is 10.0 Å². The fourth-order valence-corrected chi connectivity index (χ4v) is 8.81. The molecule has 6 rings (SSSR count). The average molecular weight is 594 g/mol.